The molecule has 1 aromatic rings. The fraction of sp³-hybridized carbons (Fsp3) is 0.471. The first kappa shape index (κ1) is 15.9. The van der Waals surface area contributed by atoms with E-state index in [1.54, 1.807) is 24.3 Å². The molecule has 3 heterocycles. The first-order valence-corrected chi connectivity index (χ1v) is 8.35. The number of amides is 3. The largest absolute Gasteiger partial charge is 0.415 e. The number of ether oxygens (including phenoxy) is 1. The quantitative estimate of drug-likeness (QED) is 0.753. The highest BCUT2D eigenvalue weighted by Crippen LogP contribution is 2.29. The molecule has 3 atom stereocenters. The highest BCUT2D eigenvalue weighted by Gasteiger charge is 2.52. The molecule has 8 heteroatoms. The summed E-state index contributed by atoms with van der Waals surface area (Å²) >= 11 is 0. The molecule has 1 aromatic carbocycles. The number of carbonyl (C=O) groups excluding carboxylic acids is 3. The van der Waals surface area contributed by atoms with Crippen LogP contribution in [0.25, 0.3) is 0 Å². The van der Waals surface area contributed by atoms with E-state index in [-0.39, 0.29) is 31.3 Å². The van der Waals surface area contributed by atoms with Gasteiger partial charge in [0.05, 0.1) is 12.6 Å². The number of fused-ring (bicyclic) bond motifs is 2. The van der Waals surface area contributed by atoms with Gasteiger partial charge in [-0.1, -0.05) is 18.2 Å². The molecule has 3 amide bonds. The van der Waals surface area contributed by atoms with Gasteiger partial charge in [-0.2, -0.15) is 0 Å². The average Bonchev–Trinajstić information content (AvgIpc) is 3.02. The molecule has 8 nitrogen and oxygen atoms in total. The normalized spacial score (nSPS) is 28.7. The Morgan fingerprint density at radius 1 is 1.00 bits per heavy atom. The number of para-hydroxylation sites is 1. The van der Waals surface area contributed by atoms with E-state index in [1.807, 2.05) is 6.07 Å². The monoisotopic (exact) mass is 345 g/mol. The van der Waals surface area contributed by atoms with Crippen molar-refractivity contribution in [2.45, 2.75) is 24.6 Å². The van der Waals surface area contributed by atoms with Gasteiger partial charge in [-0.25, -0.2) is 4.79 Å². The molecule has 132 valence electrons. The van der Waals surface area contributed by atoms with E-state index < -0.39 is 24.3 Å². The zero-order chi connectivity index (χ0) is 17.6. The van der Waals surface area contributed by atoms with Crippen LogP contribution in [-0.4, -0.2) is 82.1 Å². The fourth-order valence-electron chi connectivity index (χ4n) is 3.75. The van der Waals surface area contributed by atoms with Gasteiger partial charge in [0, 0.05) is 26.1 Å². The summed E-state index contributed by atoms with van der Waals surface area (Å²) < 4.78 is 5.32. The molecule has 0 spiro atoms. The van der Waals surface area contributed by atoms with E-state index in [0.717, 1.165) is 0 Å². The fourth-order valence-corrected chi connectivity index (χ4v) is 3.75. The van der Waals surface area contributed by atoms with E-state index in [4.69, 9.17) is 4.74 Å². The minimum Gasteiger partial charge on any atom is -0.410 e. The Hall–Kier alpha value is -2.61. The van der Waals surface area contributed by atoms with E-state index >= 15 is 0 Å². The molecule has 3 saturated heterocycles. The van der Waals surface area contributed by atoms with Gasteiger partial charge in [0.25, 0.3) is 0 Å². The summed E-state index contributed by atoms with van der Waals surface area (Å²) in [5.41, 5.74) is 0. The molecule has 4 rings (SSSR count). The van der Waals surface area contributed by atoms with Crippen LogP contribution in [0.1, 0.15) is 6.42 Å². The van der Waals surface area contributed by atoms with Crippen molar-refractivity contribution in [2.24, 2.45) is 0 Å². The lowest BCUT2D eigenvalue weighted by Gasteiger charge is -2.46. The number of aliphatic hydroxyl groups is 1. The van der Waals surface area contributed by atoms with E-state index in [0.29, 0.717) is 18.8 Å². The lowest BCUT2D eigenvalue weighted by molar-refractivity contribution is -0.162. The number of rotatable bonds is 1. The molecular weight excluding hydrogens is 326 g/mol. The number of nitrogens with zero attached hydrogens (tertiary/aromatic N) is 3. The predicted octanol–water partition coefficient (Wildman–Crippen LogP) is -0.326. The Balaban J connectivity index is 1.48. The number of carbonyl (C=O) groups is 3. The van der Waals surface area contributed by atoms with Crippen molar-refractivity contribution in [3.05, 3.63) is 30.3 Å². The number of piperazine rings is 2. The van der Waals surface area contributed by atoms with Gasteiger partial charge in [0.15, 0.2) is 0 Å². The maximum atomic E-state index is 12.7. The summed E-state index contributed by atoms with van der Waals surface area (Å²) in [6.45, 7) is 0.889. The van der Waals surface area contributed by atoms with Crippen molar-refractivity contribution in [3.63, 3.8) is 0 Å². The SMILES string of the molecule is O=C(Oc1ccccc1)N1CCN2C(=O)[C@@H]3C[C@@H](O)CN3C(=O)[C@H]2C1. The Morgan fingerprint density at radius 2 is 1.72 bits per heavy atom. The number of hydrogen-bond acceptors (Lipinski definition) is 5. The number of aliphatic hydroxyl groups excluding tert-OH is 1. The molecule has 3 aliphatic rings. The molecule has 25 heavy (non-hydrogen) atoms. The van der Waals surface area contributed by atoms with Crippen LogP contribution in [0.4, 0.5) is 4.79 Å². The predicted molar refractivity (Wildman–Crippen MR) is 85.7 cm³/mol. The Labute approximate surface area is 144 Å². The minimum atomic E-state index is -0.703. The van der Waals surface area contributed by atoms with Crippen LogP contribution in [0.2, 0.25) is 0 Å². The molecule has 0 radical (unpaired) electrons. The van der Waals surface area contributed by atoms with Crippen molar-refractivity contribution in [2.75, 3.05) is 26.2 Å². The summed E-state index contributed by atoms with van der Waals surface area (Å²) in [7, 11) is 0. The zero-order valence-electron chi connectivity index (χ0n) is 13.6. The lowest BCUT2D eigenvalue weighted by Crippen LogP contribution is -2.69. The zero-order valence-corrected chi connectivity index (χ0v) is 13.6. The molecule has 0 aromatic heterocycles. The van der Waals surface area contributed by atoms with Crippen molar-refractivity contribution in [3.8, 4) is 5.75 Å². The van der Waals surface area contributed by atoms with E-state index in [9.17, 15) is 19.5 Å². The van der Waals surface area contributed by atoms with E-state index in [1.165, 1.54) is 14.7 Å². The van der Waals surface area contributed by atoms with Crippen molar-refractivity contribution in [1.82, 2.24) is 14.7 Å². The second-order valence-corrected chi connectivity index (χ2v) is 6.57. The number of benzene rings is 1. The van der Waals surface area contributed by atoms with Crippen LogP contribution in [0, 0.1) is 0 Å². The van der Waals surface area contributed by atoms with Gasteiger partial charge in [0.1, 0.15) is 17.8 Å². The highest BCUT2D eigenvalue weighted by molar-refractivity contribution is 5.98. The minimum absolute atomic E-state index is 0.107. The third kappa shape index (κ3) is 2.72. The maximum Gasteiger partial charge on any atom is 0.415 e. The Bertz CT molecular complexity index is 709. The molecule has 3 aliphatic heterocycles. The Kier molecular flexibility index (Phi) is 3.84. The van der Waals surface area contributed by atoms with Crippen LogP contribution in [0.15, 0.2) is 30.3 Å². The molecule has 3 fully saturated rings. The third-order valence-electron chi connectivity index (χ3n) is 5.00. The van der Waals surface area contributed by atoms with Crippen LogP contribution < -0.4 is 4.74 Å². The van der Waals surface area contributed by atoms with Crippen LogP contribution in [-0.2, 0) is 9.59 Å². The van der Waals surface area contributed by atoms with Gasteiger partial charge in [-0.05, 0) is 12.1 Å². The summed E-state index contributed by atoms with van der Waals surface area (Å²) in [4.78, 5) is 42.1. The standard InChI is InChI=1S/C17H19N3O5/c21-11-8-13-15(22)19-7-6-18(10-14(19)16(23)20(13)9-11)17(24)25-12-4-2-1-3-5-12/h1-5,11,13-14,21H,6-10H2/t11-,13+,14-/m1/s1. The molecular formula is C17H19N3O5. The second-order valence-electron chi connectivity index (χ2n) is 6.57. The van der Waals surface area contributed by atoms with Crippen molar-refractivity contribution < 1.29 is 24.2 Å². The van der Waals surface area contributed by atoms with Crippen molar-refractivity contribution >= 4 is 17.9 Å². The van der Waals surface area contributed by atoms with Gasteiger partial charge in [0.2, 0.25) is 11.8 Å². The summed E-state index contributed by atoms with van der Waals surface area (Å²) in [5, 5.41) is 9.78. The van der Waals surface area contributed by atoms with Crippen molar-refractivity contribution in [1.29, 1.82) is 0 Å². The summed E-state index contributed by atoms with van der Waals surface area (Å²) in [5.74, 6) is 0.0827. The van der Waals surface area contributed by atoms with Crippen LogP contribution >= 0.6 is 0 Å². The smallest absolute Gasteiger partial charge is 0.410 e. The third-order valence-corrected chi connectivity index (χ3v) is 5.00. The molecule has 0 bridgehead atoms. The van der Waals surface area contributed by atoms with Gasteiger partial charge < -0.3 is 24.5 Å². The van der Waals surface area contributed by atoms with Crippen LogP contribution in [0.3, 0.4) is 0 Å². The Morgan fingerprint density at radius 3 is 2.48 bits per heavy atom. The first-order valence-electron chi connectivity index (χ1n) is 8.35. The lowest BCUT2D eigenvalue weighted by atomic mass is 10.0. The van der Waals surface area contributed by atoms with Gasteiger partial charge in [-0.3, -0.25) is 9.59 Å². The van der Waals surface area contributed by atoms with Crippen LogP contribution in [0.5, 0.6) is 5.75 Å². The highest BCUT2D eigenvalue weighted by atomic mass is 16.6. The molecule has 0 aliphatic carbocycles. The first-order chi connectivity index (χ1) is 12.0. The number of hydrogen-bond donors (Lipinski definition) is 1. The van der Waals surface area contributed by atoms with E-state index in [2.05, 4.69) is 0 Å². The van der Waals surface area contributed by atoms with Gasteiger partial charge in [-0.15, -0.1) is 0 Å². The molecule has 0 saturated carbocycles. The summed E-state index contributed by atoms with van der Waals surface area (Å²) in [6.07, 6.45) is -0.916. The maximum absolute atomic E-state index is 12.7. The summed E-state index contributed by atoms with van der Waals surface area (Å²) in [6, 6.07) is 7.45. The second kappa shape index (κ2) is 6.03. The van der Waals surface area contributed by atoms with Gasteiger partial charge >= 0.3 is 6.09 Å². The molecule has 1 N–H and O–H groups in total. The average molecular weight is 345 g/mol. The topological polar surface area (TPSA) is 90.4 Å². The molecule has 0 unspecified atom stereocenters.